The van der Waals surface area contributed by atoms with Gasteiger partial charge in [0.15, 0.2) is 5.92 Å². The number of aliphatic imine (C=N–C) groups is 1. The number of benzene rings is 2. The zero-order valence-electron chi connectivity index (χ0n) is 13.4. The predicted octanol–water partition coefficient (Wildman–Crippen LogP) is 2.30. The first-order valence-electron chi connectivity index (χ1n) is 7.53. The first-order chi connectivity index (χ1) is 12.1. The van der Waals surface area contributed by atoms with E-state index in [0.717, 1.165) is 4.90 Å². The fourth-order valence-electron chi connectivity index (χ4n) is 2.44. The number of ether oxygens (including phenoxy) is 1. The summed E-state index contributed by atoms with van der Waals surface area (Å²) in [5.41, 5.74) is 0.863. The number of amides is 4. The van der Waals surface area contributed by atoms with Gasteiger partial charge in [-0.15, -0.1) is 0 Å². The minimum Gasteiger partial charge on any atom is -0.495 e. The number of carbonyl (C=O) groups is 3. The van der Waals surface area contributed by atoms with Crippen LogP contribution in [-0.2, 0) is 9.59 Å². The third-order valence-corrected chi connectivity index (χ3v) is 3.66. The van der Waals surface area contributed by atoms with Crippen LogP contribution in [0.5, 0.6) is 5.75 Å². The molecule has 1 fully saturated rings. The van der Waals surface area contributed by atoms with Crippen molar-refractivity contribution in [2.45, 2.75) is 0 Å². The number of barbiturate groups is 1. The lowest BCUT2D eigenvalue weighted by Gasteiger charge is -2.29. The van der Waals surface area contributed by atoms with Crippen molar-refractivity contribution in [2.75, 3.05) is 12.0 Å². The number of hydrogen-bond donors (Lipinski definition) is 1. The Bertz CT molecular complexity index is 848. The van der Waals surface area contributed by atoms with Crippen LogP contribution in [0.25, 0.3) is 0 Å². The summed E-state index contributed by atoms with van der Waals surface area (Å²) in [4.78, 5) is 42.0. The summed E-state index contributed by atoms with van der Waals surface area (Å²) >= 11 is 0. The number of carbonyl (C=O) groups excluding carboxylic acids is 3. The van der Waals surface area contributed by atoms with Crippen LogP contribution < -0.4 is 15.0 Å². The smallest absolute Gasteiger partial charge is 0.335 e. The Morgan fingerprint density at radius 3 is 2.44 bits per heavy atom. The summed E-state index contributed by atoms with van der Waals surface area (Å²) in [6.45, 7) is 0. The molecule has 1 aliphatic heterocycles. The molecule has 0 spiro atoms. The van der Waals surface area contributed by atoms with E-state index >= 15 is 0 Å². The topological polar surface area (TPSA) is 88.1 Å². The second-order valence-corrected chi connectivity index (χ2v) is 5.23. The molecule has 3 rings (SSSR count). The van der Waals surface area contributed by atoms with Gasteiger partial charge < -0.3 is 4.74 Å². The first-order valence-corrected chi connectivity index (χ1v) is 7.53. The molecule has 0 aromatic heterocycles. The number of imide groups is 2. The summed E-state index contributed by atoms with van der Waals surface area (Å²) in [6.07, 6.45) is 1.24. The Morgan fingerprint density at radius 2 is 1.72 bits per heavy atom. The molecule has 2 aromatic carbocycles. The van der Waals surface area contributed by atoms with Crippen molar-refractivity contribution in [1.29, 1.82) is 0 Å². The molecular formula is C18H15N3O4. The highest BCUT2D eigenvalue weighted by Crippen LogP contribution is 2.30. The molecule has 7 heteroatoms. The van der Waals surface area contributed by atoms with Gasteiger partial charge in [0.2, 0.25) is 5.91 Å². The Balaban J connectivity index is 1.93. The molecule has 1 N–H and O–H groups in total. The number of nitrogens with zero attached hydrogens (tertiary/aromatic N) is 2. The minimum absolute atomic E-state index is 0.262. The Kier molecular flexibility index (Phi) is 4.56. The summed E-state index contributed by atoms with van der Waals surface area (Å²) < 4.78 is 5.19. The SMILES string of the molecule is COc1ccccc1N1C(=O)NC(=O)[C@@H](C=Nc2ccccc2)C1=O. The van der Waals surface area contributed by atoms with E-state index in [2.05, 4.69) is 10.3 Å². The number of anilines is 1. The van der Waals surface area contributed by atoms with Crippen LogP contribution in [0.2, 0.25) is 0 Å². The van der Waals surface area contributed by atoms with Gasteiger partial charge in [0.25, 0.3) is 5.91 Å². The lowest BCUT2D eigenvalue weighted by atomic mass is 10.1. The molecule has 4 amide bonds. The summed E-state index contributed by atoms with van der Waals surface area (Å²) in [5.74, 6) is -2.25. The van der Waals surface area contributed by atoms with Gasteiger partial charge in [-0.25, -0.2) is 9.69 Å². The molecule has 0 aliphatic carbocycles. The number of rotatable bonds is 4. The number of nitrogens with one attached hydrogen (secondary N) is 1. The molecule has 1 saturated heterocycles. The normalized spacial score (nSPS) is 17.7. The van der Waals surface area contributed by atoms with Gasteiger partial charge in [0.1, 0.15) is 5.75 Å². The molecule has 1 aliphatic rings. The van der Waals surface area contributed by atoms with Crippen molar-refractivity contribution in [2.24, 2.45) is 10.9 Å². The van der Waals surface area contributed by atoms with Gasteiger partial charge >= 0.3 is 6.03 Å². The van der Waals surface area contributed by atoms with Crippen LogP contribution in [0.1, 0.15) is 0 Å². The van der Waals surface area contributed by atoms with Crippen LogP contribution in [0.4, 0.5) is 16.2 Å². The van der Waals surface area contributed by atoms with Gasteiger partial charge in [-0.2, -0.15) is 0 Å². The quantitative estimate of drug-likeness (QED) is 0.685. The molecule has 126 valence electrons. The van der Waals surface area contributed by atoms with Crippen LogP contribution >= 0.6 is 0 Å². The Morgan fingerprint density at radius 1 is 1.04 bits per heavy atom. The zero-order chi connectivity index (χ0) is 17.8. The van der Waals surface area contributed by atoms with E-state index in [1.165, 1.54) is 13.3 Å². The second kappa shape index (κ2) is 6.96. The van der Waals surface area contributed by atoms with Gasteiger partial charge in [-0.3, -0.25) is 19.9 Å². The molecule has 7 nitrogen and oxygen atoms in total. The molecule has 25 heavy (non-hydrogen) atoms. The zero-order valence-corrected chi connectivity index (χ0v) is 13.4. The third-order valence-electron chi connectivity index (χ3n) is 3.66. The number of urea groups is 1. The Hall–Kier alpha value is -3.48. The Labute approximate surface area is 143 Å². The summed E-state index contributed by atoms with van der Waals surface area (Å²) in [7, 11) is 1.44. The maximum atomic E-state index is 12.7. The molecule has 0 bridgehead atoms. The second-order valence-electron chi connectivity index (χ2n) is 5.23. The number of para-hydroxylation sites is 3. The van der Waals surface area contributed by atoms with Crippen LogP contribution in [0.15, 0.2) is 59.6 Å². The van der Waals surface area contributed by atoms with Gasteiger partial charge in [-0.1, -0.05) is 30.3 Å². The molecule has 0 radical (unpaired) electrons. The number of methoxy groups -OCH3 is 1. The van der Waals surface area contributed by atoms with E-state index in [1.807, 2.05) is 6.07 Å². The van der Waals surface area contributed by atoms with E-state index in [-0.39, 0.29) is 5.69 Å². The monoisotopic (exact) mass is 337 g/mol. The van der Waals surface area contributed by atoms with Crippen molar-refractivity contribution in [3.05, 3.63) is 54.6 Å². The average molecular weight is 337 g/mol. The third kappa shape index (κ3) is 3.25. The molecule has 0 saturated carbocycles. The standard InChI is InChI=1S/C18H15N3O4/c1-25-15-10-6-5-9-14(15)21-17(23)13(16(22)20-18(21)24)11-19-12-7-3-2-4-8-12/h2-11,13H,1H3,(H,20,22,24)/t13-/m1/s1. The fraction of sp³-hybridized carbons (Fsp3) is 0.111. The summed E-state index contributed by atoms with van der Waals surface area (Å²) in [5, 5.41) is 2.18. The molecular weight excluding hydrogens is 322 g/mol. The maximum absolute atomic E-state index is 12.7. The van der Waals surface area contributed by atoms with Crippen LogP contribution in [-0.4, -0.2) is 31.2 Å². The van der Waals surface area contributed by atoms with Crippen LogP contribution in [0.3, 0.4) is 0 Å². The molecule has 1 atom stereocenters. The van der Waals surface area contributed by atoms with E-state index in [9.17, 15) is 14.4 Å². The molecule has 2 aromatic rings. The van der Waals surface area contributed by atoms with Crippen molar-refractivity contribution >= 4 is 35.4 Å². The summed E-state index contributed by atoms with van der Waals surface area (Å²) in [6, 6.07) is 14.7. The van der Waals surface area contributed by atoms with Crippen molar-refractivity contribution in [3.8, 4) is 5.75 Å². The van der Waals surface area contributed by atoms with E-state index in [0.29, 0.717) is 11.4 Å². The molecule has 1 heterocycles. The highest BCUT2D eigenvalue weighted by Gasteiger charge is 2.41. The van der Waals surface area contributed by atoms with Gasteiger partial charge in [-0.05, 0) is 24.3 Å². The average Bonchev–Trinajstić information content (AvgIpc) is 2.62. The van der Waals surface area contributed by atoms with Gasteiger partial charge in [0, 0.05) is 6.21 Å². The number of hydrogen-bond acceptors (Lipinski definition) is 5. The fourth-order valence-corrected chi connectivity index (χ4v) is 2.44. The lowest BCUT2D eigenvalue weighted by Crippen LogP contribution is -2.58. The highest BCUT2D eigenvalue weighted by atomic mass is 16.5. The van der Waals surface area contributed by atoms with E-state index in [1.54, 1.807) is 48.5 Å². The predicted molar refractivity (Wildman–Crippen MR) is 92.1 cm³/mol. The first kappa shape index (κ1) is 16.4. The van der Waals surface area contributed by atoms with E-state index in [4.69, 9.17) is 4.74 Å². The maximum Gasteiger partial charge on any atom is 0.335 e. The lowest BCUT2D eigenvalue weighted by molar-refractivity contribution is -0.131. The van der Waals surface area contributed by atoms with Crippen LogP contribution in [0, 0.1) is 5.92 Å². The van der Waals surface area contributed by atoms with E-state index < -0.39 is 23.8 Å². The van der Waals surface area contributed by atoms with Crippen molar-refractivity contribution in [3.63, 3.8) is 0 Å². The minimum atomic E-state index is -1.21. The van der Waals surface area contributed by atoms with Gasteiger partial charge in [0.05, 0.1) is 18.5 Å². The van der Waals surface area contributed by atoms with Crippen molar-refractivity contribution in [1.82, 2.24) is 5.32 Å². The highest BCUT2D eigenvalue weighted by molar-refractivity contribution is 6.33. The molecule has 0 unspecified atom stereocenters. The van der Waals surface area contributed by atoms with Crippen molar-refractivity contribution < 1.29 is 19.1 Å². The largest absolute Gasteiger partial charge is 0.495 e.